The van der Waals surface area contributed by atoms with Gasteiger partial charge in [-0.05, 0) is 17.5 Å². The number of anilines is 2. The highest BCUT2D eigenvalue weighted by Crippen LogP contribution is 2.26. The molecule has 2 rings (SSSR count). The zero-order chi connectivity index (χ0) is 15.4. The van der Waals surface area contributed by atoms with E-state index in [1.807, 2.05) is 0 Å². The normalized spacial score (nSPS) is 10.2. The molecule has 1 amide bonds. The molecule has 0 unspecified atom stereocenters. The van der Waals surface area contributed by atoms with Gasteiger partial charge in [0, 0.05) is 23.9 Å². The van der Waals surface area contributed by atoms with E-state index in [0.29, 0.717) is 5.69 Å². The van der Waals surface area contributed by atoms with Crippen molar-refractivity contribution in [3.63, 3.8) is 0 Å². The zero-order valence-electron chi connectivity index (χ0n) is 11.1. The number of amides is 1. The number of carbonyl (C=O) groups excluding carboxylic acids is 1. The molecule has 2 aromatic rings. The number of carbonyl (C=O) groups is 1. The lowest BCUT2D eigenvalue weighted by Gasteiger charge is -2.08. The minimum absolute atomic E-state index is 0.0476. The summed E-state index contributed by atoms with van der Waals surface area (Å²) < 4.78 is 13.6. The summed E-state index contributed by atoms with van der Waals surface area (Å²) >= 11 is 1.39. The number of nitrogens with one attached hydrogen (secondary N) is 2. The maximum Gasteiger partial charge on any atom is 0.271 e. The number of nitrogens with zero attached hydrogens (tertiary/aromatic N) is 1. The summed E-state index contributed by atoms with van der Waals surface area (Å²) in [5.41, 5.74) is 0.504. The van der Waals surface area contributed by atoms with Gasteiger partial charge in [-0.2, -0.15) is 0 Å². The van der Waals surface area contributed by atoms with Gasteiger partial charge in [-0.1, -0.05) is 0 Å². The van der Waals surface area contributed by atoms with Gasteiger partial charge in [0.2, 0.25) is 5.91 Å². The van der Waals surface area contributed by atoms with Crippen molar-refractivity contribution < 1.29 is 14.1 Å². The van der Waals surface area contributed by atoms with Crippen LogP contribution >= 0.6 is 11.3 Å². The predicted octanol–water partition coefficient (Wildman–Crippen LogP) is 3.37. The Labute approximate surface area is 123 Å². The number of halogens is 1. The largest absolute Gasteiger partial charge is 0.377 e. The molecule has 2 N–H and O–H groups in total. The summed E-state index contributed by atoms with van der Waals surface area (Å²) in [4.78, 5) is 21.9. The SMILES string of the molecule is CC(=O)Nc1ccsc1CNc1cc([N+](=O)[O-])ccc1F. The third kappa shape index (κ3) is 3.76. The van der Waals surface area contributed by atoms with Crippen LogP contribution in [0.2, 0.25) is 0 Å². The number of nitro groups is 1. The lowest BCUT2D eigenvalue weighted by molar-refractivity contribution is -0.384. The summed E-state index contributed by atoms with van der Waals surface area (Å²) in [6.45, 7) is 1.65. The smallest absolute Gasteiger partial charge is 0.271 e. The minimum Gasteiger partial charge on any atom is -0.377 e. The zero-order valence-corrected chi connectivity index (χ0v) is 11.9. The van der Waals surface area contributed by atoms with Gasteiger partial charge in [0.15, 0.2) is 0 Å². The molecular formula is C13H12FN3O3S. The highest BCUT2D eigenvalue weighted by molar-refractivity contribution is 7.10. The fourth-order valence-electron chi connectivity index (χ4n) is 1.72. The first-order chi connectivity index (χ1) is 9.97. The van der Waals surface area contributed by atoms with E-state index >= 15 is 0 Å². The van der Waals surface area contributed by atoms with Crippen molar-refractivity contribution in [1.29, 1.82) is 0 Å². The molecule has 1 heterocycles. The molecule has 0 saturated carbocycles. The van der Waals surface area contributed by atoms with Crippen molar-refractivity contribution in [1.82, 2.24) is 0 Å². The average molecular weight is 309 g/mol. The second kappa shape index (κ2) is 6.31. The van der Waals surface area contributed by atoms with Crippen LogP contribution in [0.5, 0.6) is 0 Å². The van der Waals surface area contributed by atoms with E-state index in [9.17, 15) is 19.3 Å². The molecule has 21 heavy (non-hydrogen) atoms. The van der Waals surface area contributed by atoms with Gasteiger partial charge in [-0.15, -0.1) is 11.3 Å². The topological polar surface area (TPSA) is 84.3 Å². The lowest BCUT2D eigenvalue weighted by Crippen LogP contribution is -2.08. The van der Waals surface area contributed by atoms with Crippen molar-refractivity contribution in [3.8, 4) is 0 Å². The van der Waals surface area contributed by atoms with Gasteiger partial charge >= 0.3 is 0 Å². The van der Waals surface area contributed by atoms with Crippen LogP contribution in [0.1, 0.15) is 11.8 Å². The molecule has 0 aliphatic rings. The van der Waals surface area contributed by atoms with Gasteiger partial charge in [0.25, 0.3) is 5.69 Å². The first-order valence-corrected chi connectivity index (χ1v) is 6.87. The van der Waals surface area contributed by atoms with Crippen molar-refractivity contribution in [3.05, 3.63) is 50.5 Å². The average Bonchev–Trinajstić information content (AvgIpc) is 2.84. The summed E-state index contributed by atoms with van der Waals surface area (Å²) in [6, 6.07) is 5.03. The molecule has 0 spiro atoms. The van der Waals surface area contributed by atoms with Crippen LogP contribution < -0.4 is 10.6 Å². The van der Waals surface area contributed by atoms with E-state index in [4.69, 9.17) is 0 Å². The highest BCUT2D eigenvalue weighted by Gasteiger charge is 2.12. The fraction of sp³-hybridized carbons (Fsp3) is 0.154. The van der Waals surface area contributed by atoms with Gasteiger partial charge < -0.3 is 10.6 Å². The van der Waals surface area contributed by atoms with Crippen LogP contribution in [0, 0.1) is 15.9 Å². The molecule has 8 heteroatoms. The second-order valence-electron chi connectivity index (χ2n) is 4.21. The Morgan fingerprint density at radius 3 is 2.81 bits per heavy atom. The molecule has 0 saturated heterocycles. The highest BCUT2D eigenvalue weighted by atomic mass is 32.1. The summed E-state index contributed by atoms with van der Waals surface area (Å²) in [5, 5.41) is 17.9. The van der Waals surface area contributed by atoms with Crippen molar-refractivity contribution >= 4 is 34.3 Å². The molecule has 0 aliphatic carbocycles. The number of hydrogen-bond donors (Lipinski definition) is 2. The Hall–Kier alpha value is -2.48. The van der Waals surface area contributed by atoms with Crippen molar-refractivity contribution in [2.45, 2.75) is 13.5 Å². The molecule has 6 nitrogen and oxygen atoms in total. The number of non-ortho nitro benzene ring substituents is 1. The van der Waals surface area contributed by atoms with Crippen LogP contribution in [0.4, 0.5) is 21.5 Å². The van der Waals surface area contributed by atoms with Crippen molar-refractivity contribution in [2.24, 2.45) is 0 Å². The summed E-state index contributed by atoms with van der Waals surface area (Å²) in [5.74, 6) is -0.769. The Morgan fingerprint density at radius 1 is 1.38 bits per heavy atom. The maximum absolute atomic E-state index is 13.6. The van der Waals surface area contributed by atoms with E-state index in [2.05, 4.69) is 10.6 Å². The molecule has 110 valence electrons. The van der Waals surface area contributed by atoms with Crippen LogP contribution in [0.25, 0.3) is 0 Å². The first kappa shape index (κ1) is 14.9. The van der Waals surface area contributed by atoms with Crippen LogP contribution in [0.3, 0.4) is 0 Å². The predicted molar refractivity (Wildman–Crippen MR) is 79.0 cm³/mol. The van der Waals surface area contributed by atoms with E-state index in [-0.39, 0.29) is 23.8 Å². The second-order valence-corrected chi connectivity index (χ2v) is 5.21. The van der Waals surface area contributed by atoms with Crippen LogP contribution in [-0.4, -0.2) is 10.8 Å². The third-order valence-corrected chi connectivity index (χ3v) is 3.58. The van der Waals surface area contributed by atoms with E-state index in [1.54, 1.807) is 11.4 Å². The Bertz CT molecular complexity index is 687. The third-order valence-electron chi connectivity index (χ3n) is 2.66. The van der Waals surface area contributed by atoms with Crippen LogP contribution in [0.15, 0.2) is 29.6 Å². The number of benzene rings is 1. The Balaban J connectivity index is 2.13. The molecule has 0 fully saturated rings. The van der Waals surface area contributed by atoms with E-state index in [0.717, 1.165) is 23.1 Å². The number of hydrogen-bond acceptors (Lipinski definition) is 5. The van der Waals surface area contributed by atoms with E-state index < -0.39 is 10.7 Å². The molecule has 0 radical (unpaired) electrons. The van der Waals surface area contributed by atoms with Gasteiger partial charge in [0.05, 0.1) is 22.8 Å². The summed E-state index contributed by atoms with van der Waals surface area (Å²) in [7, 11) is 0. The molecule has 0 bridgehead atoms. The quantitative estimate of drug-likeness (QED) is 0.655. The molecule has 1 aromatic heterocycles. The van der Waals surface area contributed by atoms with E-state index in [1.165, 1.54) is 18.3 Å². The molecule has 0 aliphatic heterocycles. The first-order valence-electron chi connectivity index (χ1n) is 5.99. The van der Waals surface area contributed by atoms with Gasteiger partial charge in [-0.25, -0.2) is 4.39 Å². The lowest BCUT2D eigenvalue weighted by atomic mass is 10.2. The molecule has 1 aromatic carbocycles. The number of rotatable bonds is 5. The standard InChI is InChI=1S/C13H12FN3O3S/c1-8(18)16-11-4-5-21-13(11)7-15-12-6-9(17(19)20)2-3-10(12)14/h2-6,15H,7H2,1H3,(H,16,18). The van der Waals surface area contributed by atoms with Crippen LogP contribution in [-0.2, 0) is 11.3 Å². The summed E-state index contributed by atoms with van der Waals surface area (Å²) in [6.07, 6.45) is 0. The molecule has 0 atom stereocenters. The Morgan fingerprint density at radius 2 is 2.14 bits per heavy atom. The minimum atomic E-state index is -0.585. The van der Waals surface area contributed by atoms with Crippen molar-refractivity contribution in [2.75, 3.05) is 10.6 Å². The fourth-order valence-corrected chi connectivity index (χ4v) is 2.49. The maximum atomic E-state index is 13.6. The van der Waals surface area contributed by atoms with Gasteiger partial charge in [-0.3, -0.25) is 14.9 Å². The molecular weight excluding hydrogens is 297 g/mol. The Kier molecular flexibility index (Phi) is 4.49. The van der Waals surface area contributed by atoms with Gasteiger partial charge in [0.1, 0.15) is 5.82 Å². The monoisotopic (exact) mass is 309 g/mol. The number of thiophene rings is 1. The number of nitro benzene ring substituents is 1.